The molecule has 0 saturated heterocycles. The van der Waals surface area contributed by atoms with Gasteiger partial charge >= 0.3 is 8.84 Å². The molecule has 0 radical (unpaired) electrons. The summed E-state index contributed by atoms with van der Waals surface area (Å²) in [7, 11) is 2.25. The second-order valence-electron chi connectivity index (χ2n) is 1.41. The summed E-state index contributed by atoms with van der Waals surface area (Å²) in [5.74, 6) is 0. The zero-order chi connectivity index (χ0) is 5.15. The maximum atomic E-state index is 10.3. The van der Waals surface area contributed by atoms with E-state index in [2.05, 4.69) is 0 Å². The summed E-state index contributed by atoms with van der Waals surface area (Å²) in [6.45, 7) is 1.71. The third kappa shape index (κ3) is 6.44. The minimum absolute atomic E-state index is 0. The van der Waals surface area contributed by atoms with Crippen molar-refractivity contribution in [1.82, 2.24) is 4.57 Å². The summed E-state index contributed by atoms with van der Waals surface area (Å²) in [4.78, 5) is 0. The molecule has 0 aromatic heterocycles. The van der Waals surface area contributed by atoms with Crippen LogP contribution in [0.5, 0.6) is 0 Å². The Bertz CT molecular complexity index is 66.0. The van der Waals surface area contributed by atoms with Gasteiger partial charge in [0.15, 0.2) is 0 Å². The van der Waals surface area contributed by atoms with E-state index in [0.717, 1.165) is 0 Å². The maximum absolute atomic E-state index is 10.3. The van der Waals surface area contributed by atoms with Gasteiger partial charge in [0.1, 0.15) is 0 Å². The van der Waals surface area contributed by atoms with Crippen molar-refractivity contribution in [3.05, 3.63) is 0 Å². The molecule has 0 N–H and O–H groups in total. The molecular weight excluding hydrogens is 160 g/mol. The summed E-state index contributed by atoms with van der Waals surface area (Å²) < 4.78 is 12.0. The van der Waals surface area contributed by atoms with Gasteiger partial charge in [0.25, 0.3) is 0 Å². The monoisotopic (exact) mass is 167 g/mol. The minimum atomic E-state index is -1.37. The fraction of sp³-hybridized carbons (Fsp3) is 1.00. The molecule has 0 fully saturated rings. The van der Waals surface area contributed by atoms with Crippen LogP contribution in [-0.4, -0.2) is 27.5 Å². The van der Waals surface area contributed by atoms with Crippen LogP contribution < -0.4 is 0 Å². The van der Waals surface area contributed by atoms with Crippen LogP contribution in [0.4, 0.5) is 0 Å². The molecule has 0 unspecified atom stereocenters. The number of rotatable bonds is 1. The molecular formula is C3H9NOSiZn. The average molecular weight is 169 g/mol. The van der Waals surface area contributed by atoms with Crippen molar-refractivity contribution in [1.29, 1.82) is 0 Å². The number of hydrogen-bond acceptors (Lipinski definition) is 1. The van der Waals surface area contributed by atoms with Crippen LogP contribution >= 0.6 is 0 Å². The van der Waals surface area contributed by atoms with E-state index in [4.69, 9.17) is 0 Å². The van der Waals surface area contributed by atoms with Crippen LogP contribution in [0.2, 0.25) is 6.55 Å². The quantitative estimate of drug-likeness (QED) is 0.518. The first-order valence-electron chi connectivity index (χ1n) is 1.82. The molecule has 0 aliphatic heterocycles. The van der Waals surface area contributed by atoms with E-state index in [1.165, 1.54) is 0 Å². The molecule has 7 heavy (non-hydrogen) atoms. The molecule has 0 aromatic carbocycles. The van der Waals surface area contributed by atoms with Crippen molar-refractivity contribution in [3.63, 3.8) is 0 Å². The van der Waals surface area contributed by atoms with E-state index in [1.54, 1.807) is 25.2 Å². The van der Waals surface area contributed by atoms with Crippen LogP contribution in [0.1, 0.15) is 0 Å². The topological polar surface area (TPSA) is 20.3 Å². The molecule has 0 atom stereocenters. The fourth-order valence-electron chi connectivity index (χ4n) is 0. The second kappa shape index (κ2) is 4.60. The molecule has 0 rings (SSSR count). The Balaban J connectivity index is 0. The van der Waals surface area contributed by atoms with E-state index in [0.29, 0.717) is 0 Å². The first-order chi connectivity index (χ1) is 2.64. The van der Waals surface area contributed by atoms with E-state index in [9.17, 15) is 4.46 Å². The van der Waals surface area contributed by atoms with Gasteiger partial charge in [-0.05, 0) is 20.6 Å². The van der Waals surface area contributed by atoms with Crippen molar-refractivity contribution < 1.29 is 23.9 Å². The molecule has 38 valence electrons. The van der Waals surface area contributed by atoms with Crippen LogP contribution in [0, 0.1) is 0 Å². The molecule has 2 nitrogen and oxygen atoms in total. The van der Waals surface area contributed by atoms with Crippen molar-refractivity contribution in [2.75, 3.05) is 14.1 Å². The van der Waals surface area contributed by atoms with Gasteiger partial charge in [-0.25, -0.2) is 0 Å². The van der Waals surface area contributed by atoms with Crippen molar-refractivity contribution in [3.8, 4) is 0 Å². The van der Waals surface area contributed by atoms with E-state index >= 15 is 0 Å². The standard InChI is InChI=1S/C3H9NOSi.Zn/c1-4(2)6(3)5;/h1-3H3;. The zero-order valence-electron chi connectivity index (χ0n) is 5.06. The van der Waals surface area contributed by atoms with Gasteiger partial charge in [0.2, 0.25) is 0 Å². The summed E-state index contributed by atoms with van der Waals surface area (Å²) in [6, 6.07) is 0. The molecule has 4 heteroatoms. The third-order valence-corrected chi connectivity index (χ3v) is 1.89. The predicted molar refractivity (Wildman–Crippen MR) is 26.0 cm³/mol. The molecule has 0 aliphatic carbocycles. The summed E-state index contributed by atoms with van der Waals surface area (Å²) in [5, 5.41) is 0. The van der Waals surface area contributed by atoms with Gasteiger partial charge in [-0.3, -0.25) is 0 Å². The Morgan fingerprint density at radius 3 is 1.57 bits per heavy atom. The number of nitrogens with zero attached hydrogens (tertiary/aromatic N) is 1. The van der Waals surface area contributed by atoms with E-state index in [-0.39, 0.29) is 19.5 Å². The Morgan fingerprint density at radius 1 is 1.43 bits per heavy atom. The van der Waals surface area contributed by atoms with Crippen LogP contribution in [-0.2, 0) is 23.9 Å². The van der Waals surface area contributed by atoms with Gasteiger partial charge in [-0.2, -0.15) is 0 Å². The molecule has 0 aliphatic rings. The van der Waals surface area contributed by atoms with Crippen LogP contribution in [0.15, 0.2) is 0 Å². The van der Waals surface area contributed by atoms with Crippen molar-refractivity contribution in [2.45, 2.75) is 6.55 Å². The van der Waals surface area contributed by atoms with Gasteiger partial charge in [-0.1, -0.05) is 0 Å². The van der Waals surface area contributed by atoms with Gasteiger partial charge in [0.05, 0.1) is 0 Å². The SMILES string of the molecule is CN(C)[Si](C)=O.[Zn]. The predicted octanol–water partition coefficient (Wildman–Crippen LogP) is 0.0940. The molecule has 0 heterocycles. The molecule has 0 amide bonds. The number of hydrogen-bond donors (Lipinski definition) is 0. The zero-order valence-corrected chi connectivity index (χ0v) is 9.03. The van der Waals surface area contributed by atoms with E-state index in [1.807, 2.05) is 0 Å². The summed E-state index contributed by atoms with van der Waals surface area (Å²) in [6.07, 6.45) is 0. The first-order valence-corrected chi connectivity index (χ1v) is 3.68. The van der Waals surface area contributed by atoms with Gasteiger partial charge in [0, 0.05) is 19.5 Å². The third-order valence-electron chi connectivity index (χ3n) is 0.630. The first kappa shape index (κ1) is 10.4. The van der Waals surface area contributed by atoms with Gasteiger partial charge in [-0.15, -0.1) is 0 Å². The Morgan fingerprint density at radius 2 is 1.57 bits per heavy atom. The molecule has 0 spiro atoms. The molecule has 0 saturated carbocycles. The van der Waals surface area contributed by atoms with Gasteiger partial charge < -0.3 is 9.03 Å². The Labute approximate surface area is 58.4 Å². The second-order valence-corrected chi connectivity index (χ2v) is 3.35. The summed E-state index contributed by atoms with van der Waals surface area (Å²) >= 11 is 0. The Kier molecular flexibility index (Phi) is 6.85. The smallest absolute Gasteiger partial charge is 0.383 e. The van der Waals surface area contributed by atoms with Crippen LogP contribution in [0.3, 0.4) is 0 Å². The largest absolute Gasteiger partial charge is 0.390 e. The van der Waals surface area contributed by atoms with Crippen LogP contribution in [0.25, 0.3) is 0 Å². The average Bonchev–Trinajstić information content (AvgIpc) is 1.36. The normalized spacial score (nSPS) is 6.71. The van der Waals surface area contributed by atoms with E-state index < -0.39 is 8.84 Å². The Hall–Kier alpha value is 0.440. The fourth-order valence-corrected chi connectivity index (χ4v) is 0. The van der Waals surface area contributed by atoms with Crippen molar-refractivity contribution >= 4 is 8.84 Å². The maximum Gasteiger partial charge on any atom is 0.390 e. The van der Waals surface area contributed by atoms with Crippen molar-refractivity contribution in [2.24, 2.45) is 0 Å². The summed E-state index contributed by atoms with van der Waals surface area (Å²) in [5.41, 5.74) is 0. The molecule has 0 bridgehead atoms. The molecule has 0 aromatic rings. The minimum Gasteiger partial charge on any atom is -0.383 e.